The van der Waals surface area contributed by atoms with Crippen LogP contribution in [0.1, 0.15) is 17.5 Å². The maximum absolute atomic E-state index is 12.8. The Balaban J connectivity index is 1.41. The zero-order valence-corrected chi connectivity index (χ0v) is 16.9. The Morgan fingerprint density at radius 1 is 1.03 bits per heavy atom. The van der Waals surface area contributed by atoms with Gasteiger partial charge in [-0.25, -0.2) is 13.8 Å². The molecule has 1 aliphatic rings. The lowest BCUT2D eigenvalue weighted by Crippen LogP contribution is -2.16. The summed E-state index contributed by atoms with van der Waals surface area (Å²) in [5, 5.41) is 11.6. The van der Waals surface area contributed by atoms with Gasteiger partial charge in [-0.05, 0) is 35.2 Å². The topological polar surface area (TPSA) is 58.7 Å². The van der Waals surface area contributed by atoms with Gasteiger partial charge in [0.15, 0.2) is 0 Å². The van der Waals surface area contributed by atoms with E-state index in [0.29, 0.717) is 12.3 Å². The molecule has 0 unspecified atom stereocenters. The first kappa shape index (κ1) is 20.2. The number of hydrogen-bond acceptors (Lipinski definition) is 6. The summed E-state index contributed by atoms with van der Waals surface area (Å²) in [7, 11) is 0. The summed E-state index contributed by atoms with van der Waals surface area (Å²) in [6.07, 6.45) is 0.789. The van der Waals surface area contributed by atoms with E-state index in [-0.39, 0.29) is 12.1 Å². The second-order valence-corrected chi connectivity index (χ2v) is 7.78. The first-order valence-corrected chi connectivity index (χ1v) is 10.4. The molecule has 0 aliphatic carbocycles. The van der Waals surface area contributed by atoms with Gasteiger partial charge in [-0.2, -0.15) is 15.3 Å². The van der Waals surface area contributed by atoms with Crippen molar-refractivity contribution in [1.29, 1.82) is 0 Å². The summed E-state index contributed by atoms with van der Waals surface area (Å²) in [5.41, 5.74) is 3.46. The highest BCUT2D eigenvalue weighted by Gasteiger charge is 2.21. The van der Waals surface area contributed by atoms with Gasteiger partial charge in [0, 0.05) is 17.9 Å². The highest BCUT2D eigenvalue weighted by Crippen LogP contribution is 2.25. The van der Waals surface area contributed by atoms with Crippen molar-refractivity contribution < 1.29 is 8.78 Å². The van der Waals surface area contributed by atoms with Crippen LogP contribution in [0, 0.1) is 0 Å². The molecule has 4 rings (SSSR count). The first-order chi connectivity index (χ1) is 14.7. The van der Waals surface area contributed by atoms with E-state index in [9.17, 15) is 8.78 Å². The molecule has 0 amide bonds. The minimum Gasteiger partial charge on any atom is -0.312 e. The fraction of sp³-hybridized carbons (Fsp3) is 0.238. The molecule has 0 fully saturated rings. The summed E-state index contributed by atoms with van der Waals surface area (Å²) in [5.74, 6) is 0.848. The van der Waals surface area contributed by atoms with Crippen LogP contribution in [0.3, 0.4) is 0 Å². The van der Waals surface area contributed by atoms with Crippen molar-refractivity contribution in [3.8, 4) is 0 Å². The summed E-state index contributed by atoms with van der Waals surface area (Å²) in [4.78, 5) is 3.97. The van der Waals surface area contributed by atoms with Crippen molar-refractivity contribution >= 4 is 29.1 Å². The van der Waals surface area contributed by atoms with E-state index in [4.69, 9.17) is 0 Å². The molecule has 0 saturated heterocycles. The highest BCUT2D eigenvalue weighted by molar-refractivity contribution is 8.00. The highest BCUT2D eigenvalue weighted by atomic mass is 32.2. The standard InChI is InChI=1S/C21H20F2N6S/c22-21(23)20-12-19(26-27-20)17-8-6-16(7-9-17)13-29(18-4-2-1-3-5-18)30-11-10-28-15-24-14-25-28/h1-9,14-15,21H,10-13H2. The third kappa shape index (κ3) is 5.10. The first-order valence-electron chi connectivity index (χ1n) is 9.48. The molecule has 9 heteroatoms. The molecule has 154 valence electrons. The zero-order chi connectivity index (χ0) is 20.8. The van der Waals surface area contributed by atoms with E-state index in [1.54, 1.807) is 18.3 Å². The van der Waals surface area contributed by atoms with Crippen molar-refractivity contribution in [2.24, 2.45) is 10.2 Å². The van der Waals surface area contributed by atoms with Gasteiger partial charge in [0.05, 0.1) is 18.8 Å². The molecule has 6 nitrogen and oxygen atoms in total. The molecule has 2 heterocycles. The maximum atomic E-state index is 12.8. The summed E-state index contributed by atoms with van der Waals surface area (Å²) in [6, 6.07) is 18.0. The Labute approximate surface area is 177 Å². The molecule has 0 bridgehead atoms. The fourth-order valence-corrected chi connectivity index (χ4v) is 4.01. The van der Waals surface area contributed by atoms with E-state index in [2.05, 4.69) is 36.7 Å². The second kappa shape index (κ2) is 9.62. The van der Waals surface area contributed by atoms with Crippen molar-refractivity contribution in [3.63, 3.8) is 0 Å². The molecule has 0 N–H and O–H groups in total. The van der Waals surface area contributed by atoms with E-state index in [0.717, 1.165) is 29.1 Å². The minimum absolute atomic E-state index is 0.102. The van der Waals surface area contributed by atoms with Gasteiger partial charge in [0.2, 0.25) is 0 Å². The molecule has 0 saturated carbocycles. The molecular formula is C21H20F2N6S. The number of anilines is 1. The number of halogens is 2. The minimum atomic E-state index is -2.56. The van der Waals surface area contributed by atoms with Gasteiger partial charge in [-0.15, -0.1) is 0 Å². The lowest BCUT2D eigenvalue weighted by molar-refractivity contribution is 0.224. The number of aryl methyl sites for hydroxylation is 1. The van der Waals surface area contributed by atoms with Crippen LogP contribution >= 0.6 is 11.9 Å². The fourth-order valence-electron chi connectivity index (χ4n) is 3.01. The third-order valence-electron chi connectivity index (χ3n) is 4.59. The van der Waals surface area contributed by atoms with Crippen LogP contribution in [0.4, 0.5) is 14.5 Å². The van der Waals surface area contributed by atoms with Crippen molar-refractivity contribution in [3.05, 3.63) is 78.4 Å². The average Bonchev–Trinajstić information content (AvgIpc) is 3.47. The molecule has 1 aliphatic heterocycles. The lowest BCUT2D eigenvalue weighted by atomic mass is 10.0. The van der Waals surface area contributed by atoms with E-state index in [1.807, 2.05) is 47.1 Å². The van der Waals surface area contributed by atoms with Crippen LogP contribution in [0.2, 0.25) is 0 Å². The van der Waals surface area contributed by atoms with Gasteiger partial charge < -0.3 is 4.31 Å². The smallest absolute Gasteiger partial charge is 0.278 e. The largest absolute Gasteiger partial charge is 0.312 e. The van der Waals surface area contributed by atoms with Crippen LogP contribution in [0.15, 0.2) is 77.5 Å². The number of rotatable bonds is 9. The van der Waals surface area contributed by atoms with Crippen LogP contribution < -0.4 is 4.31 Å². The molecule has 3 aromatic rings. The zero-order valence-electron chi connectivity index (χ0n) is 16.1. The number of aromatic nitrogens is 3. The average molecular weight is 426 g/mol. The van der Waals surface area contributed by atoms with E-state index in [1.165, 1.54) is 6.33 Å². The third-order valence-corrected chi connectivity index (χ3v) is 5.61. The maximum Gasteiger partial charge on any atom is 0.278 e. The number of para-hydroxylation sites is 1. The number of hydrogen-bond donors (Lipinski definition) is 0. The Morgan fingerprint density at radius 2 is 1.83 bits per heavy atom. The molecule has 1 aromatic heterocycles. The molecule has 30 heavy (non-hydrogen) atoms. The van der Waals surface area contributed by atoms with Crippen LogP contribution in [0.25, 0.3) is 0 Å². The number of nitrogens with zero attached hydrogens (tertiary/aromatic N) is 6. The van der Waals surface area contributed by atoms with Crippen molar-refractivity contribution in [1.82, 2.24) is 14.8 Å². The molecular weight excluding hydrogens is 406 g/mol. The van der Waals surface area contributed by atoms with Crippen LogP contribution in [-0.4, -0.2) is 38.4 Å². The van der Waals surface area contributed by atoms with Crippen molar-refractivity contribution in [2.75, 3.05) is 10.1 Å². The predicted molar refractivity (Wildman–Crippen MR) is 116 cm³/mol. The molecule has 2 aromatic carbocycles. The Kier molecular flexibility index (Phi) is 6.48. The summed E-state index contributed by atoms with van der Waals surface area (Å²) < 4.78 is 29.6. The normalized spacial score (nSPS) is 13.4. The Morgan fingerprint density at radius 3 is 2.50 bits per heavy atom. The SMILES string of the molecule is FC(F)C1=NN=C(c2ccc(CN(SCCn3cncn3)c3ccccc3)cc2)C1. The van der Waals surface area contributed by atoms with Gasteiger partial charge in [0.25, 0.3) is 6.43 Å². The van der Waals surface area contributed by atoms with Gasteiger partial charge in [-0.3, -0.25) is 4.68 Å². The van der Waals surface area contributed by atoms with E-state index >= 15 is 0 Å². The second-order valence-electron chi connectivity index (χ2n) is 6.68. The van der Waals surface area contributed by atoms with Crippen LogP contribution in [0.5, 0.6) is 0 Å². The van der Waals surface area contributed by atoms with E-state index < -0.39 is 6.43 Å². The molecule has 0 radical (unpaired) electrons. The van der Waals surface area contributed by atoms with Crippen molar-refractivity contribution in [2.45, 2.75) is 25.9 Å². The molecule has 0 spiro atoms. The van der Waals surface area contributed by atoms with Gasteiger partial charge in [-0.1, -0.05) is 42.5 Å². The van der Waals surface area contributed by atoms with Crippen LogP contribution in [-0.2, 0) is 13.1 Å². The predicted octanol–water partition coefficient (Wildman–Crippen LogP) is 4.45. The Bertz CT molecular complexity index is 1000. The lowest BCUT2D eigenvalue weighted by Gasteiger charge is -2.23. The summed E-state index contributed by atoms with van der Waals surface area (Å²) in [6.45, 7) is 1.47. The monoisotopic (exact) mass is 426 g/mol. The number of benzene rings is 2. The Hall–Kier alpha value is -3.07. The van der Waals surface area contributed by atoms with Gasteiger partial charge >= 0.3 is 0 Å². The van der Waals surface area contributed by atoms with Gasteiger partial charge in [0.1, 0.15) is 18.4 Å². The summed E-state index contributed by atoms with van der Waals surface area (Å²) >= 11 is 1.72. The quantitative estimate of drug-likeness (QED) is 0.475. The number of alkyl halides is 2. The molecule has 0 atom stereocenters.